The van der Waals surface area contributed by atoms with Gasteiger partial charge in [0.25, 0.3) is 0 Å². The van der Waals surface area contributed by atoms with Crippen LogP contribution in [-0.2, 0) is 23.1 Å². The van der Waals surface area contributed by atoms with Crippen molar-refractivity contribution in [2.24, 2.45) is 0 Å². The molecule has 2 aromatic carbocycles. The number of pyridine rings is 1. The van der Waals surface area contributed by atoms with Crippen LogP contribution >= 0.6 is 7.60 Å². The first-order chi connectivity index (χ1) is 20.8. The lowest BCUT2D eigenvalue weighted by atomic mass is 9.89. The van der Waals surface area contributed by atoms with Gasteiger partial charge < -0.3 is 18.9 Å². The van der Waals surface area contributed by atoms with Gasteiger partial charge in [-0.3, -0.25) is 14.3 Å². The van der Waals surface area contributed by atoms with Gasteiger partial charge in [0, 0.05) is 40.8 Å². The molecular weight excluding hydrogens is 568 g/mol. The van der Waals surface area contributed by atoms with E-state index in [2.05, 4.69) is 11.8 Å². The van der Waals surface area contributed by atoms with Crippen molar-refractivity contribution in [3.8, 4) is 23.0 Å². The highest BCUT2D eigenvalue weighted by atomic mass is 31.2. The quantitative estimate of drug-likeness (QED) is 0.105. The van der Waals surface area contributed by atoms with Crippen molar-refractivity contribution in [2.75, 3.05) is 19.4 Å². The first-order valence-corrected chi connectivity index (χ1v) is 16.7. The van der Waals surface area contributed by atoms with Crippen molar-refractivity contribution in [1.29, 1.82) is 0 Å². The smallest absolute Gasteiger partial charge is 0.330 e. The summed E-state index contributed by atoms with van der Waals surface area (Å²) in [5.74, 6) is 5.78. The highest BCUT2D eigenvalue weighted by Gasteiger charge is 2.31. The van der Waals surface area contributed by atoms with Crippen molar-refractivity contribution in [1.82, 2.24) is 4.98 Å². The molecule has 226 valence electrons. The fourth-order valence-electron chi connectivity index (χ4n) is 5.42. The minimum Gasteiger partial charge on any atom is -0.458 e. The summed E-state index contributed by atoms with van der Waals surface area (Å²) in [4.78, 5) is 17.0. The molecule has 2 atom stereocenters. The zero-order valence-electron chi connectivity index (χ0n) is 24.6. The molecule has 7 nitrogen and oxygen atoms in total. The molecule has 1 aliphatic carbocycles. The van der Waals surface area contributed by atoms with Crippen LogP contribution in [0.1, 0.15) is 75.1 Å². The normalized spacial score (nSPS) is 18.9. The van der Waals surface area contributed by atoms with E-state index in [1.165, 1.54) is 12.1 Å². The van der Waals surface area contributed by atoms with E-state index in [9.17, 15) is 18.9 Å². The Morgan fingerprint density at radius 2 is 1.93 bits per heavy atom. The molecule has 0 spiro atoms. The van der Waals surface area contributed by atoms with Crippen molar-refractivity contribution in [3.05, 3.63) is 71.2 Å². The highest BCUT2D eigenvalue weighted by Crippen LogP contribution is 2.49. The van der Waals surface area contributed by atoms with Crippen LogP contribution in [-0.4, -0.2) is 47.6 Å². The average Bonchev–Trinajstić information content (AvgIpc) is 3.81. The molecule has 5 rings (SSSR count). The fourth-order valence-corrected chi connectivity index (χ4v) is 7.08. The van der Waals surface area contributed by atoms with Crippen LogP contribution in [0.3, 0.4) is 0 Å². The summed E-state index contributed by atoms with van der Waals surface area (Å²) in [5.41, 5.74) is 4.84. The van der Waals surface area contributed by atoms with Crippen LogP contribution < -0.4 is 0 Å². The molecule has 43 heavy (non-hydrogen) atoms. The number of unbranched alkanes of at least 4 members (excludes halogenated alkanes) is 1. The first-order valence-electron chi connectivity index (χ1n) is 15.0. The number of carbonyl (C=O) groups is 1. The Hall–Kier alpha value is -3.34. The number of para-hydroxylation sites is 1. The predicted molar refractivity (Wildman–Crippen MR) is 165 cm³/mol. The van der Waals surface area contributed by atoms with Crippen LogP contribution in [0.5, 0.6) is 0 Å². The molecule has 0 radical (unpaired) electrons. The van der Waals surface area contributed by atoms with Gasteiger partial charge in [-0.1, -0.05) is 42.2 Å². The number of halogens is 1. The van der Waals surface area contributed by atoms with Crippen molar-refractivity contribution < 1.29 is 32.6 Å². The number of carbonyl (C=O) groups excluding carboxylic acids is 1. The highest BCUT2D eigenvalue weighted by molar-refractivity contribution is 7.53. The van der Waals surface area contributed by atoms with Crippen molar-refractivity contribution in [2.45, 2.75) is 70.5 Å². The summed E-state index contributed by atoms with van der Waals surface area (Å²) in [5, 5.41) is 11.0. The van der Waals surface area contributed by atoms with Crippen LogP contribution in [0.4, 0.5) is 4.39 Å². The second kappa shape index (κ2) is 14.0. The van der Waals surface area contributed by atoms with Crippen LogP contribution in [0.25, 0.3) is 28.1 Å². The summed E-state index contributed by atoms with van der Waals surface area (Å²) in [6.45, 7) is 4.17. The SMILES string of the molecule is CCOP(=O)(CCCC#Cc1cc(F)ccc1-c1c(/C=C/[C@@H]2C[C@@H](O)CC(=O)O2)c(C2CC2)nc2ccccc12)OCC. The number of ether oxygens (including phenoxy) is 1. The van der Waals surface area contributed by atoms with Gasteiger partial charge >= 0.3 is 13.6 Å². The summed E-state index contributed by atoms with van der Waals surface area (Å²) in [6, 6.07) is 12.5. The molecule has 1 aliphatic heterocycles. The molecular formula is C34H37FNO6P. The lowest BCUT2D eigenvalue weighted by Gasteiger charge is -2.24. The fraction of sp³-hybridized carbons (Fsp3) is 0.412. The Morgan fingerprint density at radius 3 is 2.65 bits per heavy atom. The van der Waals surface area contributed by atoms with Gasteiger partial charge in [0.15, 0.2) is 0 Å². The van der Waals surface area contributed by atoms with E-state index in [1.54, 1.807) is 19.9 Å². The lowest BCUT2D eigenvalue weighted by molar-refractivity contribution is -0.156. The Morgan fingerprint density at radius 1 is 1.16 bits per heavy atom. The van der Waals surface area contributed by atoms with Gasteiger partial charge in [-0.05, 0) is 62.9 Å². The molecule has 2 fully saturated rings. The largest absolute Gasteiger partial charge is 0.458 e. The minimum atomic E-state index is -3.16. The monoisotopic (exact) mass is 605 g/mol. The van der Waals surface area contributed by atoms with Gasteiger partial charge in [0.1, 0.15) is 11.9 Å². The van der Waals surface area contributed by atoms with E-state index in [4.69, 9.17) is 18.8 Å². The number of aliphatic hydroxyl groups excluding tert-OH is 1. The van der Waals surface area contributed by atoms with Gasteiger partial charge in [-0.2, -0.15) is 0 Å². The van der Waals surface area contributed by atoms with Crippen LogP contribution in [0.2, 0.25) is 0 Å². The first kappa shape index (κ1) is 31.1. The minimum absolute atomic E-state index is 0.00708. The van der Waals surface area contributed by atoms with Crippen LogP contribution in [0.15, 0.2) is 48.5 Å². The molecule has 3 aromatic rings. The second-order valence-corrected chi connectivity index (χ2v) is 13.0. The summed E-state index contributed by atoms with van der Waals surface area (Å²) < 4.78 is 43.7. The topological polar surface area (TPSA) is 95.0 Å². The second-order valence-electron chi connectivity index (χ2n) is 10.8. The van der Waals surface area contributed by atoms with E-state index < -0.39 is 31.6 Å². The number of hydrogen-bond acceptors (Lipinski definition) is 7. The molecule has 1 aromatic heterocycles. The van der Waals surface area contributed by atoms with Gasteiger partial charge in [-0.25, -0.2) is 4.39 Å². The van der Waals surface area contributed by atoms with E-state index in [1.807, 2.05) is 36.4 Å². The number of esters is 1. The number of benzene rings is 2. The van der Waals surface area contributed by atoms with E-state index >= 15 is 0 Å². The third-order valence-corrected chi connectivity index (χ3v) is 9.62. The molecule has 0 unspecified atom stereocenters. The zero-order valence-corrected chi connectivity index (χ0v) is 25.4. The van der Waals surface area contributed by atoms with E-state index in [0.29, 0.717) is 44.0 Å². The van der Waals surface area contributed by atoms with E-state index in [-0.39, 0.29) is 12.6 Å². The van der Waals surface area contributed by atoms with Crippen molar-refractivity contribution in [3.63, 3.8) is 0 Å². The molecule has 2 heterocycles. The van der Waals surface area contributed by atoms with Crippen molar-refractivity contribution >= 4 is 30.5 Å². The molecule has 1 saturated heterocycles. The number of fused-ring (bicyclic) bond motifs is 1. The molecule has 0 bridgehead atoms. The van der Waals surface area contributed by atoms with Gasteiger partial charge in [0.2, 0.25) is 0 Å². The lowest BCUT2D eigenvalue weighted by Crippen LogP contribution is -2.31. The predicted octanol–water partition coefficient (Wildman–Crippen LogP) is 7.40. The standard InChI is InChI=1S/C34H37FNO6P/c1-3-40-43(39,41-4-2)19-9-5-6-10-24-20-25(35)15-17-28(24)33-29-11-7-8-12-31(29)36-34(23-13-14-23)30(33)18-16-27-21-26(37)22-32(38)42-27/h7-8,11-12,15-18,20,23,26-27,37H,3-5,9,13-14,19,21-22H2,1-2H3/b18-16+/t26-,27-/m1/s1. The van der Waals surface area contributed by atoms with Gasteiger partial charge in [-0.15, -0.1) is 0 Å². The van der Waals surface area contributed by atoms with E-state index in [0.717, 1.165) is 46.1 Å². The summed E-state index contributed by atoms with van der Waals surface area (Å²) in [6.07, 6.45) is 6.00. The Balaban J connectivity index is 1.54. The number of rotatable bonds is 11. The maximum atomic E-state index is 14.6. The number of cyclic esters (lactones) is 1. The molecule has 1 saturated carbocycles. The zero-order chi connectivity index (χ0) is 30.4. The Kier molecular flexibility index (Phi) is 10.1. The Labute approximate surface area is 252 Å². The summed E-state index contributed by atoms with van der Waals surface area (Å²) >= 11 is 0. The number of nitrogens with zero attached hydrogens (tertiary/aromatic N) is 1. The summed E-state index contributed by atoms with van der Waals surface area (Å²) in [7, 11) is -3.16. The number of aliphatic hydroxyl groups is 1. The third-order valence-electron chi connectivity index (χ3n) is 7.45. The maximum absolute atomic E-state index is 14.6. The van der Waals surface area contributed by atoms with Gasteiger partial charge in [0.05, 0.1) is 43.1 Å². The Bertz CT molecular complexity index is 1610. The average molecular weight is 606 g/mol. The number of hydrogen-bond donors (Lipinski definition) is 1. The number of aromatic nitrogens is 1. The molecule has 2 aliphatic rings. The third kappa shape index (κ3) is 7.79. The van der Waals surface area contributed by atoms with Crippen LogP contribution in [0, 0.1) is 17.7 Å². The molecule has 9 heteroatoms. The maximum Gasteiger partial charge on any atom is 0.330 e. The molecule has 1 N–H and O–H groups in total. The molecule has 0 amide bonds.